The quantitative estimate of drug-likeness (QED) is 0.643. The highest BCUT2D eigenvalue weighted by atomic mass is 16.2. The summed E-state index contributed by atoms with van der Waals surface area (Å²) in [5.74, 6) is -0.205. The number of nitrogens with one attached hydrogen (secondary N) is 1. The van der Waals surface area contributed by atoms with Crippen LogP contribution in [-0.2, 0) is 11.2 Å². The van der Waals surface area contributed by atoms with Crippen molar-refractivity contribution in [3.8, 4) is 11.3 Å². The van der Waals surface area contributed by atoms with E-state index in [9.17, 15) is 9.59 Å². The van der Waals surface area contributed by atoms with E-state index in [0.717, 1.165) is 24.0 Å². The molecule has 1 amide bonds. The fraction of sp³-hybridized carbons (Fsp3) is 0.261. The van der Waals surface area contributed by atoms with Crippen molar-refractivity contribution in [2.75, 3.05) is 6.54 Å². The largest absolute Gasteiger partial charge is 0.354 e. The van der Waals surface area contributed by atoms with Crippen LogP contribution in [0.3, 0.4) is 0 Å². The van der Waals surface area contributed by atoms with Gasteiger partial charge in [-0.05, 0) is 38.3 Å². The fourth-order valence-electron chi connectivity index (χ4n) is 2.99. The van der Waals surface area contributed by atoms with Gasteiger partial charge in [-0.25, -0.2) is 4.68 Å². The predicted octanol–water partition coefficient (Wildman–Crippen LogP) is 3.53. The number of benzene rings is 2. The molecule has 1 unspecified atom stereocenters. The lowest BCUT2D eigenvalue weighted by molar-refractivity contribution is -0.124. The maximum Gasteiger partial charge on any atom is 0.267 e. The normalized spacial score (nSPS) is 11.8. The van der Waals surface area contributed by atoms with Crippen LogP contribution < -0.4 is 10.9 Å². The van der Waals surface area contributed by atoms with Gasteiger partial charge in [-0.3, -0.25) is 9.59 Å². The topological polar surface area (TPSA) is 64.0 Å². The lowest BCUT2D eigenvalue weighted by Crippen LogP contribution is -2.37. The molecule has 1 atom stereocenters. The molecule has 0 saturated heterocycles. The molecular weight excluding hydrogens is 350 g/mol. The molecule has 0 fully saturated rings. The summed E-state index contributed by atoms with van der Waals surface area (Å²) in [6.07, 6.45) is 1.74. The zero-order valence-corrected chi connectivity index (χ0v) is 16.3. The molecule has 0 aliphatic heterocycles. The number of aryl methyl sites for hydroxylation is 2. The highest BCUT2D eigenvalue weighted by molar-refractivity contribution is 5.79. The standard InChI is InChI=1S/C23H25N3O2/c1-17-10-12-20(13-11-17)21-14-15-22(27)26(25-21)18(2)23(28)24-16-6-9-19-7-4-3-5-8-19/h3-5,7-8,10-15,18H,6,9,16H2,1-2H3,(H,24,28). The van der Waals surface area contributed by atoms with Crippen molar-refractivity contribution in [3.05, 3.63) is 88.2 Å². The van der Waals surface area contributed by atoms with Crippen molar-refractivity contribution in [2.24, 2.45) is 0 Å². The first kappa shape index (κ1) is 19.5. The highest BCUT2D eigenvalue weighted by Crippen LogP contribution is 2.16. The molecule has 5 heteroatoms. The van der Waals surface area contributed by atoms with Crippen LogP contribution in [0.4, 0.5) is 0 Å². The van der Waals surface area contributed by atoms with Gasteiger partial charge in [-0.2, -0.15) is 5.10 Å². The molecule has 1 N–H and O–H groups in total. The van der Waals surface area contributed by atoms with E-state index in [1.54, 1.807) is 13.0 Å². The Kier molecular flexibility index (Phi) is 6.37. The Morgan fingerprint density at radius 1 is 1.04 bits per heavy atom. The average molecular weight is 375 g/mol. The zero-order chi connectivity index (χ0) is 19.9. The van der Waals surface area contributed by atoms with E-state index in [1.165, 1.54) is 16.3 Å². The van der Waals surface area contributed by atoms with E-state index in [0.29, 0.717) is 12.2 Å². The smallest absolute Gasteiger partial charge is 0.267 e. The third-order valence-electron chi connectivity index (χ3n) is 4.70. The van der Waals surface area contributed by atoms with E-state index in [2.05, 4.69) is 22.5 Å². The van der Waals surface area contributed by atoms with Crippen LogP contribution in [0.25, 0.3) is 11.3 Å². The zero-order valence-electron chi connectivity index (χ0n) is 16.3. The maximum atomic E-state index is 12.5. The van der Waals surface area contributed by atoms with Crippen LogP contribution in [0.1, 0.15) is 30.5 Å². The summed E-state index contributed by atoms with van der Waals surface area (Å²) in [6.45, 7) is 4.27. The number of nitrogens with zero attached hydrogens (tertiary/aromatic N) is 2. The van der Waals surface area contributed by atoms with Crippen molar-refractivity contribution >= 4 is 5.91 Å². The molecule has 0 radical (unpaired) electrons. The maximum absolute atomic E-state index is 12.5. The number of aromatic nitrogens is 2. The molecule has 2 aromatic carbocycles. The minimum atomic E-state index is -0.672. The van der Waals surface area contributed by atoms with Crippen molar-refractivity contribution in [2.45, 2.75) is 32.7 Å². The van der Waals surface area contributed by atoms with Gasteiger partial charge in [0.25, 0.3) is 5.56 Å². The summed E-state index contributed by atoms with van der Waals surface area (Å²) >= 11 is 0. The monoisotopic (exact) mass is 375 g/mol. The molecular formula is C23H25N3O2. The van der Waals surface area contributed by atoms with Gasteiger partial charge in [0.2, 0.25) is 5.91 Å². The molecule has 3 rings (SSSR count). The predicted molar refractivity (Wildman–Crippen MR) is 111 cm³/mol. The van der Waals surface area contributed by atoms with Crippen molar-refractivity contribution in [3.63, 3.8) is 0 Å². The first-order valence-corrected chi connectivity index (χ1v) is 9.53. The third kappa shape index (κ3) is 4.94. The molecule has 5 nitrogen and oxygen atoms in total. The number of rotatable bonds is 7. The molecule has 3 aromatic rings. The second-order valence-corrected chi connectivity index (χ2v) is 6.92. The molecule has 0 spiro atoms. The number of hydrogen-bond acceptors (Lipinski definition) is 3. The van der Waals surface area contributed by atoms with Crippen LogP contribution in [-0.4, -0.2) is 22.2 Å². The van der Waals surface area contributed by atoms with Crippen LogP contribution in [0.15, 0.2) is 71.5 Å². The Morgan fingerprint density at radius 3 is 2.46 bits per heavy atom. The van der Waals surface area contributed by atoms with Gasteiger partial charge in [0.1, 0.15) is 6.04 Å². The Labute approximate surface area is 165 Å². The van der Waals surface area contributed by atoms with Crippen LogP contribution >= 0.6 is 0 Å². The van der Waals surface area contributed by atoms with E-state index in [4.69, 9.17) is 0 Å². The second-order valence-electron chi connectivity index (χ2n) is 6.92. The molecule has 0 bridgehead atoms. The second kappa shape index (κ2) is 9.13. The molecule has 144 valence electrons. The Morgan fingerprint density at radius 2 is 1.75 bits per heavy atom. The van der Waals surface area contributed by atoms with E-state index < -0.39 is 6.04 Å². The summed E-state index contributed by atoms with van der Waals surface area (Å²) in [7, 11) is 0. The van der Waals surface area contributed by atoms with Gasteiger partial charge in [0.05, 0.1) is 5.69 Å². The fourth-order valence-corrected chi connectivity index (χ4v) is 2.99. The minimum Gasteiger partial charge on any atom is -0.354 e. The van der Waals surface area contributed by atoms with Gasteiger partial charge >= 0.3 is 0 Å². The van der Waals surface area contributed by atoms with Crippen LogP contribution in [0.5, 0.6) is 0 Å². The summed E-state index contributed by atoms with van der Waals surface area (Å²) < 4.78 is 1.25. The molecule has 28 heavy (non-hydrogen) atoms. The molecule has 1 heterocycles. The van der Waals surface area contributed by atoms with Gasteiger partial charge in [-0.1, -0.05) is 60.2 Å². The van der Waals surface area contributed by atoms with Crippen molar-refractivity contribution in [1.29, 1.82) is 0 Å². The average Bonchev–Trinajstić information content (AvgIpc) is 2.72. The number of carbonyl (C=O) groups excluding carboxylic acids is 1. The SMILES string of the molecule is Cc1ccc(-c2ccc(=O)n(C(C)C(=O)NCCCc3ccccc3)n2)cc1. The Hall–Kier alpha value is -3.21. The number of hydrogen-bond donors (Lipinski definition) is 1. The van der Waals surface area contributed by atoms with Gasteiger partial charge in [0, 0.05) is 18.2 Å². The van der Waals surface area contributed by atoms with E-state index in [-0.39, 0.29) is 11.5 Å². The first-order chi connectivity index (χ1) is 13.5. The molecule has 0 aliphatic rings. The van der Waals surface area contributed by atoms with Crippen LogP contribution in [0, 0.1) is 6.92 Å². The van der Waals surface area contributed by atoms with Gasteiger partial charge in [0.15, 0.2) is 0 Å². The van der Waals surface area contributed by atoms with Gasteiger partial charge in [-0.15, -0.1) is 0 Å². The number of amides is 1. The summed E-state index contributed by atoms with van der Waals surface area (Å²) in [5.41, 5.74) is 3.69. The Balaban J connectivity index is 1.63. The first-order valence-electron chi connectivity index (χ1n) is 9.53. The lowest BCUT2D eigenvalue weighted by Gasteiger charge is -2.15. The summed E-state index contributed by atoms with van der Waals surface area (Å²) in [6, 6.07) is 20.5. The van der Waals surface area contributed by atoms with E-state index in [1.807, 2.05) is 49.4 Å². The molecule has 0 saturated carbocycles. The Bertz CT molecular complexity index is 979. The van der Waals surface area contributed by atoms with Crippen molar-refractivity contribution < 1.29 is 4.79 Å². The number of carbonyl (C=O) groups is 1. The molecule has 0 aliphatic carbocycles. The molecule has 1 aromatic heterocycles. The van der Waals surface area contributed by atoms with Crippen LogP contribution in [0.2, 0.25) is 0 Å². The third-order valence-corrected chi connectivity index (χ3v) is 4.70. The summed E-state index contributed by atoms with van der Waals surface area (Å²) in [4.78, 5) is 24.7. The van der Waals surface area contributed by atoms with E-state index >= 15 is 0 Å². The summed E-state index contributed by atoms with van der Waals surface area (Å²) in [5, 5.41) is 7.32. The van der Waals surface area contributed by atoms with Crippen molar-refractivity contribution in [1.82, 2.24) is 15.1 Å². The minimum absolute atomic E-state index is 0.205. The highest BCUT2D eigenvalue weighted by Gasteiger charge is 2.17. The van der Waals surface area contributed by atoms with Gasteiger partial charge < -0.3 is 5.32 Å². The lowest BCUT2D eigenvalue weighted by atomic mass is 10.1.